The Morgan fingerprint density at radius 2 is 2.27 bits per heavy atom. The van der Waals surface area contributed by atoms with E-state index >= 15 is 0 Å². The summed E-state index contributed by atoms with van der Waals surface area (Å²) in [7, 11) is 0. The fourth-order valence-electron chi connectivity index (χ4n) is 3.13. The Morgan fingerprint density at radius 1 is 1.36 bits per heavy atom. The fourth-order valence-corrected chi connectivity index (χ4v) is 3.13. The highest BCUT2D eigenvalue weighted by molar-refractivity contribution is 5.83. The average molecular weight is 296 g/mol. The van der Waals surface area contributed by atoms with Gasteiger partial charge in [0, 0.05) is 60.6 Å². The monoisotopic (exact) mass is 296 g/mol. The molecular weight excluding hydrogens is 279 g/mol. The van der Waals surface area contributed by atoms with Gasteiger partial charge in [0.25, 0.3) is 0 Å². The van der Waals surface area contributed by atoms with Gasteiger partial charge in [0.1, 0.15) is 11.6 Å². The smallest absolute Gasteiger partial charge is 0.125 e. The molecular formula is C17H17FN4. The summed E-state index contributed by atoms with van der Waals surface area (Å²) in [4.78, 5) is 14.4. The maximum Gasteiger partial charge on any atom is 0.125 e. The molecule has 0 spiro atoms. The van der Waals surface area contributed by atoms with Crippen molar-refractivity contribution in [1.29, 1.82) is 0 Å². The number of nitrogens with one attached hydrogen (secondary N) is 1. The molecule has 1 aliphatic heterocycles. The van der Waals surface area contributed by atoms with Crippen LogP contribution in [0.4, 0.5) is 4.39 Å². The first-order valence-electron chi connectivity index (χ1n) is 7.48. The fraction of sp³-hybridized carbons (Fsp3) is 0.294. The minimum absolute atomic E-state index is 0.193. The molecule has 4 nitrogen and oxygen atoms in total. The number of hydrogen-bond donors (Lipinski definition) is 1. The van der Waals surface area contributed by atoms with Crippen molar-refractivity contribution in [3.8, 4) is 0 Å². The lowest BCUT2D eigenvalue weighted by Gasteiger charge is -2.27. The molecule has 0 amide bonds. The summed E-state index contributed by atoms with van der Waals surface area (Å²) in [6.07, 6.45) is 4.85. The summed E-state index contributed by atoms with van der Waals surface area (Å²) in [6, 6.07) is 4.88. The first kappa shape index (κ1) is 13.4. The quantitative estimate of drug-likeness (QED) is 0.791. The van der Waals surface area contributed by atoms with Crippen LogP contribution in [0.5, 0.6) is 0 Å². The van der Waals surface area contributed by atoms with Crippen LogP contribution in [0.15, 0.2) is 30.6 Å². The summed E-state index contributed by atoms with van der Waals surface area (Å²) >= 11 is 0. The molecule has 3 aromatic rings. The van der Waals surface area contributed by atoms with Crippen LogP contribution in [0.25, 0.3) is 10.9 Å². The number of aromatic nitrogens is 3. The first-order chi connectivity index (χ1) is 10.7. The van der Waals surface area contributed by atoms with Gasteiger partial charge >= 0.3 is 0 Å². The van der Waals surface area contributed by atoms with E-state index in [9.17, 15) is 4.39 Å². The van der Waals surface area contributed by atoms with Gasteiger partial charge in [-0.15, -0.1) is 0 Å². The van der Waals surface area contributed by atoms with E-state index in [0.29, 0.717) is 0 Å². The molecule has 22 heavy (non-hydrogen) atoms. The summed E-state index contributed by atoms with van der Waals surface area (Å²) < 4.78 is 13.5. The maximum absolute atomic E-state index is 13.5. The second kappa shape index (κ2) is 5.18. The van der Waals surface area contributed by atoms with Gasteiger partial charge in [-0.25, -0.2) is 14.4 Å². The van der Waals surface area contributed by atoms with Gasteiger partial charge in [-0.05, 0) is 30.7 Å². The highest BCUT2D eigenvalue weighted by Gasteiger charge is 2.19. The number of nitrogens with zero attached hydrogens (tertiary/aromatic N) is 3. The molecule has 0 aliphatic carbocycles. The van der Waals surface area contributed by atoms with Crippen LogP contribution in [0.1, 0.15) is 22.6 Å². The van der Waals surface area contributed by atoms with E-state index in [1.807, 2.05) is 19.3 Å². The predicted molar refractivity (Wildman–Crippen MR) is 82.8 cm³/mol. The van der Waals surface area contributed by atoms with Crippen molar-refractivity contribution < 1.29 is 4.39 Å². The van der Waals surface area contributed by atoms with Gasteiger partial charge in [-0.3, -0.25) is 4.90 Å². The number of halogens is 1. The number of benzene rings is 1. The van der Waals surface area contributed by atoms with Crippen molar-refractivity contribution in [2.75, 3.05) is 6.54 Å². The second-order valence-electron chi connectivity index (χ2n) is 5.85. The van der Waals surface area contributed by atoms with Crippen LogP contribution in [0, 0.1) is 12.7 Å². The Hall–Kier alpha value is -2.27. The van der Waals surface area contributed by atoms with Gasteiger partial charge in [0.05, 0.1) is 0 Å². The zero-order valence-corrected chi connectivity index (χ0v) is 12.4. The number of hydrogen-bond acceptors (Lipinski definition) is 3. The number of fused-ring (bicyclic) bond motifs is 2. The topological polar surface area (TPSA) is 44.8 Å². The van der Waals surface area contributed by atoms with Gasteiger partial charge in [0.2, 0.25) is 0 Å². The van der Waals surface area contributed by atoms with Gasteiger partial charge in [0.15, 0.2) is 0 Å². The third-order valence-corrected chi connectivity index (χ3v) is 4.26. The van der Waals surface area contributed by atoms with Crippen molar-refractivity contribution in [2.45, 2.75) is 26.4 Å². The van der Waals surface area contributed by atoms with E-state index in [4.69, 9.17) is 0 Å². The number of H-pyrrole nitrogens is 1. The second-order valence-corrected chi connectivity index (χ2v) is 5.85. The van der Waals surface area contributed by atoms with Crippen molar-refractivity contribution in [3.05, 3.63) is 59.1 Å². The van der Waals surface area contributed by atoms with Crippen LogP contribution < -0.4 is 0 Å². The molecule has 0 saturated carbocycles. The Labute approximate surface area is 128 Å². The Balaban J connectivity index is 1.59. The minimum atomic E-state index is -0.193. The molecule has 112 valence electrons. The van der Waals surface area contributed by atoms with Gasteiger partial charge in [-0.2, -0.15) is 0 Å². The van der Waals surface area contributed by atoms with Crippen LogP contribution in [-0.2, 0) is 19.5 Å². The van der Waals surface area contributed by atoms with E-state index in [1.165, 1.54) is 11.6 Å². The molecule has 2 aromatic heterocycles. The summed E-state index contributed by atoms with van der Waals surface area (Å²) in [5.41, 5.74) is 4.47. The zero-order valence-electron chi connectivity index (χ0n) is 12.4. The lowest BCUT2D eigenvalue weighted by Crippen LogP contribution is -2.30. The molecule has 0 radical (unpaired) electrons. The third-order valence-electron chi connectivity index (χ3n) is 4.26. The molecule has 1 aliphatic rings. The van der Waals surface area contributed by atoms with Crippen LogP contribution in [0.3, 0.4) is 0 Å². The molecule has 0 bridgehead atoms. The zero-order chi connectivity index (χ0) is 15.1. The summed E-state index contributed by atoms with van der Waals surface area (Å²) in [5, 5.41) is 0.964. The molecule has 0 saturated heterocycles. The van der Waals surface area contributed by atoms with E-state index in [-0.39, 0.29) is 5.82 Å². The normalized spacial score (nSPS) is 15.2. The standard InChI is InChI=1S/C17H17FN4/c1-11-19-8-13-10-22(5-4-16(13)21-11)9-12-7-20-17-3-2-14(18)6-15(12)17/h2-3,6-8,20H,4-5,9-10H2,1H3. The molecule has 0 fully saturated rings. The SMILES string of the molecule is Cc1ncc2c(n1)CCN(Cc1c[nH]c3ccc(F)cc13)C2. The van der Waals surface area contributed by atoms with Crippen LogP contribution in [-0.4, -0.2) is 26.4 Å². The number of aryl methyl sites for hydroxylation is 1. The molecule has 0 atom stereocenters. The maximum atomic E-state index is 13.5. The van der Waals surface area contributed by atoms with Crippen molar-refractivity contribution in [1.82, 2.24) is 19.9 Å². The lowest BCUT2D eigenvalue weighted by molar-refractivity contribution is 0.243. The highest BCUT2D eigenvalue weighted by atomic mass is 19.1. The predicted octanol–water partition coefficient (Wildman–Crippen LogP) is 2.96. The van der Waals surface area contributed by atoms with E-state index < -0.39 is 0 Å². The van der Waals surface area contributed by atoms with Crippen molar-refractivity contribution in [3.63, 3.8) is 0 Å². The Morgan fingerprint density at radius 3 is 3.18 bits per heavy atom. The Bertz CT molecular complexity index is 840. The Kier molecular flexibility index (Phi) is 3.15. The van der Waals surface area contributed by atoms with Crippen LogP contribution in [0.2, 0.25) is 0 Å². The number of rotatable bonds is 2. The average Bonchev–Trinajstić information content (AvgIpc) is 2.90. The van der Waals surface area contributed by atoms with Gasteiger partial charge in [-0.1, -0.05) is 0 Å². The minimum Gasteiger partial charge on any atom is -0.361 e. The van der Waals surface area contributed by atoms with E-state index in [0.717, 1.165) is 54.0 Å². The largest absolute Gasteiger partial charge is 0.361 e. The van der Waals surface area contributed by atoms with Crippen molar-refractivity contribution >= 4 is 10.9 Å². The van der Waals surface area contributed by atoms with Gasteiger partial charge < -0.3 is 4.98 Å². The lowest BCUT2D eigenvalue weighted by atomic mass is 10.1. The van der Waals surface area contributed by atoms with Crippen molar-refractivity contribution in [2.24, 2.45) is 0 Å². The molecule has 3 heterocycles. The van der Waals surface area contributed by atoms with E-state index in [1.54, 1.807) is 12.1 Å². The molecule has 1 N–H and O–H groups in total. The third kappa shape index (κ3) is 2.37. The molecule has 4 rings (SSSR count). The molecule has 0 unspecified atom stereocenters. The summed E-state index contributed by atoms with van der Waals surface area (Å²) in [6.45, 7) is 4.53. The highest BCUT2D eigenvalue weighted by Crippen LogP contribution is 2.23. The van der Waals surface area contributed by atoms with Crippen LogP contribution >= 0.6 is 0 Å². The summed E-state index contributed by atoms with van der Waals surface area (Å²) in [5.74, 6) is 0.639. The van der Waals surface area contributed by atoms with E-state index in [2.05, 4.69) is 19.9 Å². The molecule has 5 heteroatoms. The first-order valence-corrected chi connectivity index (χ1v) is 7.48. The number of aromatic amines is 1. The molecule has 1 aromatic carbocycles.